The minimum absolute atomic E-state index is 0.00808. The van der Waals surface area contributed by atoms with Crippen molar-refractivity contribution in [2.24, 2.45) is 0 Å². The predicted molar refractivity (Wildman–Crippen MR) is 112 cm³/mol. The van der Waals surface area contributed by atoms with Crippen LogP contribution in [0.1, 0.15) is 32.7 Å². The summed E-state index contributed by atoms with van der Waals surface area (Å²) < 4.78 is 0. The van der Waals surface area contributed by atoms with Crippen molar-refractivity contribution in [2.45, 2.75) is 12.8 Å². The first-order chi connectivity index (χ1) is 14.1. The molecule has 0 spiro atoms. The summed E-state index contributed by atoms with van der Waals surface area (Å²) in [5.41, 5.74) is 4.12. The van der Waals surface area contributed by atoms with Crippen LogP contribution < -0.4 is 16.0 Å². The lowest BCUT2D eigenvalue weighted by molar-refractivity contribution is -0.116. The molecule has 0 atom stereocenters. The topological polar surface area (TPSA) is 87.3 Å². The lowest BCUT2D eigenvalue weighted by Gasteiger charge is -2.17. The fraction of sp³-hybridized carbons (Fsp3) is 0.0870. The number of rotatable bonds is 4. The second-order valence-electron chi connectivity index (χ2n) is 6.77. The number of carbonyl (C=O) groups excluding carboxylic acids is 3. The van der Waals surface area contributed by atoms with E-state index in [2.05, 4.69) is 16.0 Å². The zero-order chi connectivity index (χ0) is 20.2. The second kappa shape index (κ2) is 7.98. The third kappa shape index (κ3) is 4.32. The summed E-state index contributed by atoms with van der Waals surface area (Å²) in [5.74, 6) is -0.441. The molecule has 0 fully saturated rings. The summed E-state index contributed by atoms with van der Waals surface area (Å²) >= 11 is 0. The van der Waals surface area contributed by atoms with Crippen molar-refractivity contribution in [2.75, 3.05) is 16.0 Å². The molecule has 6 heteroatoms. The highest BCUT2D eigenvalue weighted by atomic mass is 16.2. The largest absolute Gasteiger partial charge is 0.326 e. The molecule has 3 N–H and O–H groups in total. The molecular formula is C23H19N3O3. The molecule has 0 saturated heterocycles. The number of carbonyl (C=O) groups is 3. The molecule has 1 heterocycles. The van der Waals surface area contributed by atoms with E-state index >= 15 is 0 Å². The van der Waals surface area contributed by atoms with E-state index in [0.717, 1.165) is 11.3 Å². The number of benzene rings is 3. The molecule has 3 amide bonds. The van der Waals surface area contributed by atoms with E-state index in [1.807, 2.05) is 12.1 Å². The standard InChI is InChI=1S/C23H19N3O3/c27-21-13-8-17-14-19(11-12-20(17)26-21)25-23(29)16-6-9-18(10-7-16)24-22(28)15-4-2-1-3-5-15/h1-7,9-12,14H,8,13H2,(H,24,28)(H,25,29)(H,26,27). The molecule has 1 aliphatic rings. The van der Waals surface area contributed by atoms with Crippen molar-refractivity contribution in [3.05, 3.63) is 89.5 Å². The van der Waals surface area contributed by atoms with Gasteiger partial charge in [0.2, 0.25) is 5.91 Å². The molecular weight excluding hydrogens is 366 g/mol. The number of aryl methyl sites for hydroxylation is 1. The Hall–Kier alpha value is -3.93. The normalized spacial score (nSPS) is 12.5. The van der Waals surface area contributed by atoms with Gasteiger partial charge < -0.3 is 16.0 Å². The fourth-order valence-corrected chi connectivity index (χ4v) is 3.16. The van der Waals surface area contributed by atoms with Gasteiger partial charge in [-0.05, 0) is 66.6 Å². The summed E-state index contributed by atoms with van der Waals surface area (Å²) in [6.07, 6.45) is 1.10. The Morgan fingerprint density at radius 2 is 1.34 bits per heavy atom. The number of anilines is 3. The molecule has 144 valence electrons. The van der Waals surface area contributed by atoms with Gasteiger partial charge in [0.1, 0.15) is 0 Å². The average Bonchev–Trinajstić information content (AvgIpc) is 2.75. The summed E-state index contributed by atoms with van der Waals surface area (Å²) in [5, 5.41) is 8.49. The number of nitrogens with one attached hydrogen (secondary N) is 3. The van der Waals surface area contributed by atoms with Crippen LogP contribution in [0.25, 0.3) is 0 Å². The van der Waals surface area contributed by atoms with Gasteiger partial charge in [-0.15, -0.1) is 0 Å². The Morgan fingerprint density at radius 3 is 2.07 bits per heavy atom. The van der Waals surface area contributed by atoms with Crippen LogP contribution >= 0.6 is 0 Å². The lowest BCUT2D eigenvalue weighted by atomic mass is 10.0. The van der Waals surface area contributed by atoms with Gasteiger partial charge in [-0.1, -0.05) is 18.2 Å². The maximum absolute atomic E-state index is 12.5. The first-order valence-electron chi connectivity index (χ1n) is 9.29. The van der Waals surface area contributed by atoms with Crippen LogP contribution in [0.3, 0.4) is 0 Å². The van der Waals surface area contributed by atoms with Crippen LogP contribution in [0.2, 0.25) is 0 Å². The Morgan fingerprint density at radius 1 is 0.724 bits per heavy atom. The number of fused-ring (bicyclic) bond motifs is 1. The third-order valence-electron chi connectivity index (χ3n) is 4.70. The van der Waals surface area contributed by atoms with Gasteiger partial charge in [0.05, 0.1) is 0 Å². The molecule has 0 aliphatic carbocycles. The van der Waals surface area contributed by atoms with Crippen LogP contribution in [0.15, 0.2) is 72.8 Å². The van der Waals surface area contributed by atoms with E-state index in [1.54, 1.807) is 60.7 Å². The SMILES string of the molecule is O=C1CCc2cc(NC(=O)c3ccc(NC(=O)c4ccccc4)cc3)ccc2N1. The van der Waals surface area contributed by atoms with E-state index in [4.69, 9.17) is 0 Å². The van der Waals surface area contributed by atoms with Crippen molar-refractivity contribution in [3.63, 3.8) is 0 Å². The van der Waals surface area contributed by atoms with Crippen LogP contribution in [0.4, 0.5) is 17.1 Å². The highest BCUT2D eigenvalue weighted by Gasteiger charge is 2.15. The Balaban J connectivity index is 1.41. The van der Waals surface area contributed by atoms with E-state index in [1.165, 1.54) is 0 Å². The Labute approximate surface area is 167 Å². The van der Waals surface area contributed by atoms with Gasteiger partial charge in [0.25, 0.3) is 11.8 Å². The maximum atomic E-state index is 12.5. The molecule has 6 nitrogen and oxygen atoms in total. The van der Waals surface area contributed by atoms with E-state index in [0.29, 0.717) is 35.3 Å². The minimum atomic E-state index is -0.245. The fourth-order valence-electron chi connectivity index (χ4n) is 3.16. The predicted octanol–water partition coefficient (Wildman–Crippen LogP) is 4.08. The monoisotopic (exact) mass is 385 g/mol. The third-order valence-corrected chi connectivity index (χ3v) is 4.70. The zero-order valence-corrected chi connectivity index (χ0v) is 15.6. The lowest BCUT2D eigenvalue weighted by Crippen LogP contribution is -2.19. The minimum Gasteiger partial charge on any atom is -0.326 e. The first-order valence-corrected chi connectivity index (χ1v) is 9.29. The molecule has 4 rings (SSSR count). The Bertz CT molecular complexity index is 1080. The van der Waals surface area contributed by atoms with E-state index in [-0.39, 0.29) is 17.7 Å². The van der Waals surface area contributed by atoms with Crippen molar-refractivity contribution in [1.82, 2.24) is 0 Å². The van der Waals surface area contributed by atoms with Gasteiger partial charge >= 0.3 is 0 Å². The molecule has 3 aromatic carbocycles. The van der Waals surface area contributed by atoms with Crippen molar-refractivity contribution >= 4 is 34.8 Å². The van der Waals surface area contributed by atoms with Gasteiger partial charge in [-0.25, -0.2) is 0 Å². The summed E-state index contributed by atoms with van der Waals surface area (Å²) in [6, 6.07) is 21.1. The van der Waals surface area contributed by atoms with Crippen molar-refractivity contribution in [3.8, 4) is 0 Å². The van der Waals surface area contributed by atoms with Gasteiger partial charge in [-0.3, -0.25) is 14.4 Å². The summed E-state index contributed by atoms with van der Waals surface area (Å²) in [6.45, 7) is 0. The van der Waals surface area contributed by atoms with Crippen molar-refractivity contribution in [1.29, 1.82) is 0 Å². The molecule has 0 saturated carbocycles. The molecule has 0 radical (unpaired) electrons. The molecule has 1 aliphatic heterocycles. The van der Waals surface area contributed by atoms with Crippen LogP contribution in [0.5, 0.6) is 0 Å². The zero-order valence-electron chi connectivity index (χ0n) is 15.6. The molecule has 0 unspecified atom stereocenters. The van der Waals surface area contributed by atoms with Crippen LogP contribution in [-0.4, -0.2) is 17.7 Å². The van der Waals surface area contributed by atoms with Gasteiger partial charge in [-0.2, -0.15) is 0 Å². The number of hydrogen-bond acceptors (Lipinski definition) is 3. The maximum Gasteiger partial charge on any atom is 0.255 e. The van der Waals surface area contributed by atoms with Gasteiger partial charge in [0, 0.05) is 34.6 Å². The van der Waals surface area contributed by atoms with Gasteiger partial charge in [0.15, 0.2) is 0 Å². The second-order valence-corrected chi connectivity index (χ2v) is 6.77. The quantitative estimate of drug-likeness (QED) is 0.632. The number of hydrogen-bond donors (Lipinski definition) is 3. The van der Waals surface area contributed by atoms with E-state index in [9.17, 15) is 14.4 Å². The highest BCUT2D eigenvalue weighted by Crippen LogP contribution is 2.26. The van der Waals surface area contributed by atoms with Crippen LogP contribution in [-0.2, 0) is 11.2 Å². The Kier molecular flexibility index (Phi) is 5.07. The summed E-state index contributed by atoms with van der Waals surface area (Å²) in [4.78, 5) is 36.2. The molecule has 0 bridgehead atoms. The smallest absolute Gasteiger partial charge is 0.255 e. The van der Waals surface area contributed by atoms with Crippen LogP contribution in [0, 0.1) is 0 Å². The molecule has 0 aromatic heterocycles. The molecule has 29 heavy (non-hydrogen) atoms. The van der Waals surface area contributed by atoms with E-state index < -0.39 is 0 Å². The van der Waals surface area contributed by atoms with Crippen molar-refractivity contribution < 1.29 is 14.4 Å². The first kappa shape index (κ1) is 18.4. The highest BCUT2D eigenvalue weighted by molar-refractivity contribution is 6.06. The average molecular weight is 385 g/mol. The molecule has 3 aromatic rings. The number of amides is 3. The summed E-state index contributed by atoms with van der Waals surface area (Å²) in [7, 11) is 0.